The molecule has 1 aliphatic heterocycles. The standard InChI is InChI=1S/C15H19ClN4O2S/c16-14-12-3-1-2-4-13(12)15(19-18-14)20-8-5-11(6-9-20)7-10-23(17,21)22/h1-4,11H,5-10H2,(H2,17,21,22). The number of benzene rings is 1. The molecule has 0 saturated carbocycles. The van der Waals surface area contributed by atoms with Crippen LogP contribution in [0.25, 0.3) is 10.8 Å². The molecule has 3 rings (SSSR count). The van der Waals surface area contributed by atoms with E-state index in [0.29, 0.717) is 17.5 Å². The number of hydrogen-bond donors (Lipinski definition) is 1. The molecule has 2 N–H and O–H groups in total. The van der Waals surface area contributed by atoms with Gasteiger partial charge in [-0.1, -0.05) is 35.9 Å². The minimum atomic E-state index is -3.37. The summed E-state index contributed by atoms with van der Waals surface area (Å²) in [6.07, 6.45) is 2.47. The van der Waals surface area contributed by atoms with Crippen LogP contribution in [-0.2, 0) is 10.0 Å². The van der Waals surface area contributed by atoms with Crippen LogP contribution in [0.15, 0.2) is 24.3 Å². The molecule has 1 aliphatic rings. The fourth-order valence-corrected chi connectivity index (χ4v) is 3.92. The lowest BCUT2D eigenvalue weighted by atomic mass is 9.94. The van der Waals surface area contributed by atoms with E-state index in [1.807, 2.05) is 24.3 Å². The Hall–Kier alpha value is -1.44. The number of primary sulfonamides is 1. The van der Waals surface area contributed by atoms with Crippen molar-refractivity contribution in [3.05, 3.63) is 29.4 Å². The van der Waals surface area contributed by atoms with Crippen LogP contribution in [0.2, 0.25) is 5.15 Å². The van der Waals surface area contributed by atoms with Gasteiger partial charge in [0, 0.05) is 23.9 Å². The third kappa shape index (κ3) is 3.91. The van der Waals surface area contributed by atoms with Crippen molar-refractivity contribution in [3.63, 3.8) is 0 Å². The summed E-state index contributed by atoms with van der Waals surface area (Å²) < 4.78 is 22.1. The molecule has 1 saturated heterocycles. The Kier molecular flexibility index (Phi) is 4.70. The van der Waals surface area contributed by atoms with Crippen LogP contribution in [-0.4, -0.2) is 37.5 Å². The van der Waals surface area contributed by atoms with E-state index in [9.17, 15) is 8.42 Å². The van der Waals surface area contributed by atoms with E-state index in [1.54, 1.807) is 0 Å². The van der Waals surface area contributed by atoms with Crippen LogP contribution in [0, 0.1) is 5.92 Å². The number of sulfonamides is 1. The number of halogens is 1. The Morgan fingerprint density at radius 2 is 1.83 bits per heavy atom. The number of piperidine rings is 1. The van der Waals surface area contributed by atoms with Crippen molar-refractivity contribution >= 4 is 38.2 Å². The van der Waals surface area contributed by atoms with Gasteiger partial charge in [-0.2, -0.15) is 0 Å². The zero-order valence-electron chi connectivity index (χ0n) is 12.7. The normalized spacial score (nSPS) is 16.9. The predicted octanol–water partition coefficient (Wildman–Crippen LogP) is 2.18. The Morgan fingerprint density at radius 1 is 1.17 bits per heavy atom. The van der Waals surface area contributed by atoms with Gasteiger partial charge in [0.15, 0.2) is 11.0 Å². The molecule has 124 valence electrons. The maximum atomic E-state index is 11.1. The van der Waals surface area contributed by atoms with Crippen LogP contribution in [0.5, 0.6) is 0 Å². The summed E-state index contributed by atoms with van der Waals surface area (Å²) in [5.74, 6) is 1.28. The fourth-order valence-electron chi connectivity index (χ4n) is 3.05. The summed E-state index contributed by atoms with van der Waals surface area (Å²) in [6.45, 7) is 1.66. The number of anilines is 1. The molecule has 1 fully saturated rings. The van der Waals surface area contributed by atoms with Gasteiger partial charge in [0.25, 0.3) is 0 Å². The summed E-state index contributed by atoms with van der Waals surface area (Å²) in [6, 6.07) is 7.83. The highest BCUT2D eigenvalue weighted by molar-refractivity contribution is 7.89. The van der Waals surface area contributed by atoms with Crippen LogP contribution in [0.4, 0.5) is 5.82 Å². The third-order valence-electron chi connectivity index (χ3n) is 4.35. The largest absolute Gasteiger partial charge is 0.355 e. The molecule has 0 spiro atoms. The first-order valence-electron chi connectivity index (χ1n) is 7.60. The highest BCUT2D eigenvalue weighted by Crippen LogP contribution is 2.31. The van der Waals surface area contributed by atoms with E-state index in [2.05, 4.69) is 15.1 Å². The average Bonchev–Trinajstić information content (AvgIpc) is 2.54. The van der Waals surface area contributed by atoms with Gasteiger partial charge < -0.3 is 4.90 Å². The van der Waals surface area contributed by atoms with Crippen LogP contribution in [0.1, 0.15) is 19.3 Å². The molecule has 2 aromatic rings. The SMILES string of the molecule is NS(=O)(=O)CCC1CCN(c2nnc(Cl)c3ccccc23)CC1. The highest BCUT2D eigenvalue weighted by Gasteiger charge is 2.23. The molecule has 6 nitrogen and oxygen atoms in total. The number of nitrogens with two attached hydrogens (primary N) is 1. The minimum Gasteiger partial charge on any atom is -0.355 e. The molecule has 0 bridgehead atoms. The summed E-state index contributed by atoms with van der Waals surface area (Å²) in [7, 11) is -3.37. The van der Waals surface area contributed by atoms with Gasteiger partial charge in [0.1, 0.15) is 0 Å². The summed E-state index contributed by atoms with van der Waals surface area (Å²) in [5, 5.41) is 15.7. The maximum absolute atomic E-state index is 11.1. The first kappa shape index (κ1) is 16.4. The van der Waals surface area contributed by atoms with Gasteiger partial charge in [-0.3, -0.25) is 0 Å². The second-order valence-corrected chi connectivity index (χ2v) is 8.04. The predicted molar refractivity (Wildman–Crippen MR) is 92.1 cm³/mol. The van der Waals surface area contributed by atoms with Gasteiger partial charge in [-0.05, 0) is 25.2 Å². The molecule has 1 aromatic carbocycles. The Morgan fingerprint density at radius 3 is 2.48 bits per heavy atom. The van der Waals surface area contributed by atoms with Gasteiger partial charge in [0.2, 0.25) is 10.0 Å². The van der Waals surface area contributed by atoms with Gasteiger partial charge in [-0.25, -0.2) is 13.6 Å². The second-order valence-electron chi connectivity index (χ2n) is 5.95. The Balaban J connectivity index is 1.72. The van der Waals surface area contributed by atoms with E-state index >= 15 is 0 Å². The Labute approximate surface area is 140 Å². The molecule has 23 heavy (non-hydrogen) atoms. The summed E-state index contributed by atoms with van der Waals surface area (Å²) in [5.41, 5.74) is 0. The summed E-state index contributed by atoms with van der Waals surface area (Å²) in [4.78, 5) is 2.19. The van der Waals surface area contributed by atoms with Crippen molar-refractivity contribution in [2.45, 2.75) is 19.3 Å². The third-order valence-corrected chi connectivity index (χ3v) is 5.43. The van der Waals surface area contributed by atoms with Crippen LogP contribution >= 0.6 is 11.6 Å². The van der Waals surface area contributed by atoms with Crippen molar-refractivity contribution < 1.29 is 8.42 Å². The van der Waals surface area contributed by atoms with Crippen molar-refractivity contribution in [3.8, 4) is 0 Å². The van der Waals surface area contributed by atoms with E-state index in [4.69, 9.17) is 16.7 Å². The lowest BCUT2D eigenvalue weighted by molar-refractivity contribution is 0.393. The smallest absolute Gasteiger partial charge is 0.209 e. The zero-order valence-corrected chi connectivity index (χ0v) is 14.2. The van der Waals surface area contributed by atoms with Gasteiger partial charge in [0.05, 0.1) is 5.75 Å². The maximum Gasteiger partial charge on any atom is 0.209 e. The topological polar surface area (TPSA) is 89.2 Å². The molecular formula is C15H19ClN4O2S. The fraction of sp³-hybridized carbons (Fsp3) is 0.467. The number of hydrogen-bond acceptors (Lipinski definition) is 5. The monoisotopic (exact) mass is 354 g/mol. The number of rotatable bonds is 4. The van der Waals surface area contributed by atoms with E-state index in [0.717, 1.165) is 42.5 Å². The minimum absolute atomic E-state index is 0.0569. The van der Waals surface area contributed by atoms with Crippen molar-refractivity contribution in [1.82, 2.24) is 10.2 Å². The molecule has 2 heterocycles. The van der Waals surface area contributed by atoms with Crippen LogP contribution in [0.3, 0.4) is 0 Å². The number of aromatic nitrogens is 2. The molecule has 0 aliphatic carbocycles. The molecule has 1 aromatic heterocycles. The molecule has 8 heteroatoms. The summed E-state index contributed by atoms with van der Waals surface area (Å²) >= 11 is 6.11. The highest BCUT2D eigenvalue weighted by atomic mass is 35.5. The van der Waals surface area contributed by atoms with Crippen LogP contribution < -0.4 is 10.0 Å². The lowest BCUT2D eigenvalue weighted by Crippen LogP contribution is -2.35. The first-order chi connectivity index (χ1) is 10.9. The van der Waals surface area contributed by atoms with E-state index in [1.165, 1.54) is 0 Å². The zero-order chi connectivity index (χ0) is 16.4. The Bertz CT molecular complexity index is 804. The molecule has 0 radical (unpaired) electrons. The quantitative estimate of drug-likeness (QED) is 0.908. The molecule has 0 unspecified atom stereocenters. The van der Waals surface area contributed by atoms with Crippen molar-refractivity contribution in [1.29, 1.82) is 0 Å². The second kappa shape index (κ2) is 6.59. The van der Waals surface area contributed by atoms with Crippen molar-refractivity contribution in [2.24, 2.45) is 11.1 Å². The molecular weight excluding hydrogens is 336 g/mol. The number of fused-ring (bicyclic) bond motifs is 1. The molecule has 0 atom stereocenters. The number of nitrogens with zero attached hydrogens (tertiary/aromatic N) is 3. The van der Waals surface area contributed by atoms with Gasteiger partial charge in [-0.15, -0.1) is 10.2 Å². The van der Waals surface area contributed by atoms with E-state index in [-0.39, 0.29) is 5.75 Å². The molecule has 0 amide bonds. The first-order valence-corrected chi connectivity index (χ1v) is 9.70. The van der Waals surface area contributed by atoms with Gasteiger partial charge >= 0.3 is 0 Å². The average molecular weight is 355 g/mol. The van der Waals surface area contributed by atoms with Crippen molar-refractivity contribution in [2.75, 3.05) is 23.7 Å². The van der Waals surface area contributed by atoms with E-state index < -0.39 is 10.0 Å². The lowest BCUT2D eigenvalue weighted by Gasteiger charge is -2.33.